The number of Topliss-reactive ketones (excluding diaryl/α,β-unsaturated/α-hetero) is 1. The minimum atomic E-state index is -0.101. The van der Waals surface area contributed by atoms with Gasteiger partial charge in [0.2, 0.25) is 0 Å². The topological polar surface area (TPSA) is 30.0 Å². The van der Waals surface area contributed by atoms with Gasteiger partial charge in [-0.1, -0.05) is 25.8 Å². The number of carbonyl (C=O) groups excluding carboxylic acids is 1. The first-order valence-corrected chi connectivity index (χ1v) is 7.15. The zero-order valence-corrected chi connectivity index (χ0v) is 11.4. The summed E-state index contributed by atoms with van der Waals surface area (Å²) in [5.41, 5.74) is 1.70. The van der Waals surface area contributed by atoms with Crippen molar-refractivity contribution in [2.75, 3.05) is 0 Å². The van der Waals surface area contributed by atoms with Crippen molar-refractivity contribution in [2.24, 2.45) is 5.41 Å². The van der Waals surface area contributed by atoms with Crippen molar-refractivity contribution in [3.05, 3.63) is 42.1 Å². The molecule has 0 spiro atoms. The third-order valence-corrected chi connectivity index (χ3v) is 4.58. The summed E-state index contributed by atoms with van der Waals surface area (Å²) < 4.78 is 0. The molecule has 0 unspecified atom stereocenters. The quantitative estimate of drug-likeness (QED) is 0.759. The summed E-state index contributed by atoms with van der Waals surface area (Å²) >= 11 is 0. The molecule has 1 aromatic heterocycles. The first-order chi connectivity index (χ1) is 9.25. The molecule has 2 aromatic rings. The maximum atomic E-state index is 12.8. The molecule has 1 aliphatic rings. The molecule has 2 heteroatoms. The Morgan fingerprint density at radius 2 is 2.05 bits per heavy atom. The fourth-order valence-electron chi connectivity index (χ4n) is 3.32. The van der Waals surface area contributed by atoms with Gasteiger partial charge in [-0.05, 0) is 43.5 Å². The Labute approximate surface area is 113 Å². The highest BCUT2D eigenvalue weighted by atomic mass is 16.1. The Bertz CT molecular complexity index is 611. The van der Waals surface area contributed by atoms with E-state index in [1.54, 1.807) is 6.20 Å². The van der Waals surface area contributed by atoms with Crippen LogP contribution in [0.2, 0.25) is 0 Å². The zero-order chi connectivity index (χ0) is 13.3. The highest BCUT2D eigenvalue weighted by molar-refractivity contribution is 6.03. The number of ketones is 1. The molecule has 98 valence electrons. The summed E-state index contributed by atoms with van der Waals surface area (Å²) in [5.74, 6) is 0.332. The molecule has 1 aromatic carbocycles. The zero-order valence-electron chi connectivity index (χ0n) is 11.4. The number of rotatable bonds is 3. The van der Waals surface area contributed by atoms with Crippen molar-refractivity contribution in [1.82, 2.24) is 4.98 Å². The van der Waals surface area contributed by atoms with E-state index in [4.69, 9.17) is 0 Å². The van der Waals surface area contributed by atoms with Gasteiger partial charge in [0, 0.05) is 22.6 Å². The van der Waals surface area contributed by atoms with Gasteiger partial charge >= 0.3 is 0 Å². The van der Waals surface area contributed by atoms with E-state index in [0.717, 1.165) is 35.7 Å². The van der Waals surface area contributed by atoms with Gasteiger partial charge in [0.1, 0.15) is 0 Å². The van der Waals surface area contributed by atoms with Crippen LogP contribution in [0.25, 0.3) is 10.9 Å². The molecule has 0 aliphatic heterocycles. The molecule has 3 rings (SSSR count). The van der Waals surface area contributed by atoms with Crippen molar-refractivity contribution in [3.8, 4) is 0 Å². The Hall–Kier alpha value is -1.70. The van der Waals surface area contributed by atoms with E-state index in [1.165, 1.54) is 12.8 Å². The summed E-state index contributed by atoms with van der Waals surface area (Å²) in [6, 6.07) is 9.84. The van der Waals surface area contributed by atoms with Crippen LogP contribution in [0.15, 0.2) is 36.5 Å². The third kappa shape index (κ3) is 2.05. The molecular weight excluding hydrogens is 234 g/mol. The first-order valence-electron chi connectivity index (χ1n) is 7.15. The molecule has 0 N–H and O–H groups in total. The van der Waals surface area contributed by atoms with E-state index >= 15 is 0 Å². The number of nitrogens with zero attached hydrogens (tertiary/aromatic N) is 1. The number of benzene rings is 1. The number of hydrogen-bond acceptors (Lipinski definition) is 2. The van der Waals surface area contributed by atoms with Crippen LogP contribution >= 0.6 is 0 Å². The van der Waals surface area contributed by atoms with Gasteiger partial charge in [-0.15, -0.1) is 0 Å². The van der Waals surface area contributed by atoms with E-state index in [-0.39, 0.29) is 5.41 Å². The Morgan fingerprint density at radius 1 is 1.26 bits per heavy atom. The summed E-state index contributed by atoms with van der Waals surface area (Å²) in [4.78, 5) is 17.1. The third-order valence-electron chi connectivity index (χ3n) is 4.58. The standard InChI is InChI=1S/C17H19NO/c1-2-17(9-3-4-10-17)16(19)14-7-8-15-13(12-14)6-5-11-18-15/h5-8,11-12H,2-4,9-10H2,1H3. The van der Waals surface area contributed by atoms with Gasteiger partial charge in [0.15, 0.2) is 5.78 Å². The van der Waals surface area contributed by atoms with Gasteiger partial charge in [-0.2, -0.15) is 0 Å². The van der Waals surface area contributed by atoms with Gasteiger partial charge < -0.3 is 0 Å². The number of aromatic nitrogens is 1. The lowest BCUT2D eigenvalue weighted by Gasteiger charge is -2.25. The predicted molar refractivity (Wildman–Crippen MR) is 77.3 cm³/mol. The Morgan fingerprint density at radius 3 is 2.79 bits per heavy atom. The molecule has 0 saturated heterocycles. The number of carbonyl (C=O) groups is 1. The van der Waals surface area contributed by atoms with Crippen molar-refractivity contribution >= 4 is 16.7 Å². The van der Waals surface area contributed by atoms with Crippen LogP contribution in [-0.4, -0.2) is 10.8 Å². The van der Waals surface area contributed by atoms with Gasteiger partial charge in [-0.25, -0.2) is 0 Å². The highest BCUT2D eigenvalue weighted by Crippen LogP contribution is 2.43. The molecule has 0 amide bonds. The van der Waals surface area contributed by atoms with Gasteiger partial charge in [-0.3, -0.25) is 9.78 Å². The Balaban J connectivity index is 2.01. The minimum absolute atomic E-state index is 0.101. The SMILES string of the molecule is CCC1(C(=O)c2ccc3ncccc3c2)CCCC1. The summed E-state index contributed by atoms with van der Waals surface area (Å²) in [5, 5.41) is 1.05. The normalized spacial score (nSPS) is 17.7. The van der Waals surface area contributed by atoms with Crippen molar-refractivity contribution in [1.29, 1.82) is 0 Å². The molecule has 1 heterocycles. The van der Waals surface area contributed by atoms with Gasteiger partial charge in [0.25, 0.3) is 0 Å². The van der Waals surface area contributed by atoms with Crippen molar-refractivity contribution in [3.63, 3.8) is 0 Å². The summed E-state index contributed by atoms with van der Waals surface area (Å²) in [7, 11) is 0. The molecule has 0 bridgehead atoms. The lowest BCUT2D eigenvalue weighted by Crippen LogP contribution is -2.27. The molecule has 0 radical (unpaired) electrons. The van der Waals surface area contributed by atoms with Crippen LogP contribution in [0.5, 0.6) is 0 Å². The molecule has 0 atom stereocenters. The van der Waals surface area contributed by atoms with Crippen LogP contribution in [0.1, 0.15) is 49.4 Å². The maximum Gasteiger partial charge on any atom is 0.169 e. The second-order valence-electron chi connectivity index (χ2n) is 5.58. The number of hydrogen-bond donors (Lipinski definition) is 0. The smallest absolute Gasteiger partial charge is 0.169 e. The molecule has 2 nitrogen and oxygen atoms in total. The van der Waals surface area contributed by atoms with E-state index in [9.17, 15) is 4.79 Å². The molecule has 1 saturated carbocycles. The second-order valence-corrected chi connectivity index (χ2v) is 5.58. The minimum Gasteiger partial charge on any atom is -0.294 e. The lowest BCUT2D eigenvalue weighted by atomic mass is 9.76. The van der Waals surface area contributed by atoms with E-state index < -0.39 is 0 Å². The van der Waals surface area contributed by atoms with E-state index in [0.29, 0.717) is 5.78 Å². The Kier molecular flexibility index (Phi) is 3.09. The second kappa shape index (κ2) is 4.76. The van der Waals surface area contributed by atoms with Crippen LogP contribution < -0.4 is 0 Å². The van der Waals surface area contributed by atoms with Gasteiger partial charge in [0.05, 0.1) is 5.52 Å². The fourth-order valence-corrected chi connectivity index (χ4v) is 3.32. The predicted octanol–water partition coefficient (Wildman–Crippen LogP) is 4.39. The fraction of sp³-hybridized carbons (Fsp3) is 0.412. The lowest BCUT2D eigenvalue weighted by molar-refractivity contribution is 0.0791. The largest absolute Gasteiger partial charge is 0.294 e. The van der Waals surface area contributed by atoms with E-state index in [1.807, 2.05) is 30.3 Å². The van der Waals surface area contributed by atoms with E-state index in [2.05, 4.69) is 11.9 Å². The van der Waals surface area contributed by atoms with Crippen LogP contribution in [0.4, 0.5) is 0 Å². The van der Waals surface area contributed by atoms with Crippen LogP contribution in [0, 0.1) is 5.41 Å². The molecule has 19 heavy (non-hydrogen) atoms. The summed E-state index contributed by atoms with van der Waals surface area (Å²) in [6.07, 6.45) is 7.22. The van der Waals surface area contributed by atoms with Crippen molar-refractivity contribution < 1.29 is 4.79 Å². The molecule has 1 fully saturated rings. The molecular formula is C17H19NO. The maximum absolute atomic E-state index is 12.8. The monoisotopic (exact) mass is 253 g/mol. The average Bonchev–Trinajstić information content (AvgIpc) is 2.96. The van der Waals surface area contributed by atoms with Crippen LogP contribution in [0.3, 0.4) is 0 Å². The summed E-state index contributed by atoms with van der Waals surface area (Å²) in [6.45, 7) is 2.14. The van der Waals surface area contributed by atoms with Crippen LogP contribution in [-0.2, 0) is 0 Å². The number of pyridine rings is 1. The number of fused-ring (bicyclic) bond motifs is 1. The average molecular weight is 253 g/mol. The molecule has 1 aliphatic carbocycles. The first kappa shape index (κ1) is 12.3. The highest BCUT2D eigenvalue weighted by Gasteiger charge is 2.39. The van der Waals surface area contributed by atoms with Crippen molar-refractivity contribution in [2.45, 2.75) is 39.0 Å².